The van der Waals surface area contributed by atoms with E-state index in [0.717, 1.165) is 20.8 Å². The number of ether oxygens (including phenoxy) is 1. The monoisotopic (exact) mass is 360 g/mol. The average Bonchev–Trinajstić information content (AvgIpc) is 3.18. The SMILES string of the molecule is Cc1ccsc1C(=O)OCC(=O)NCCc1nc2ccccc2s1. The second-order valence-corrected chi connectivity index (χ2v) is 7.22. The summed E-state index contributed by atoms with van der Waals surface area (Å²) in [6.45, 7) is 2.04. The van der Waals surface area contributed by atoms with Crippen molar-refractivity contribution < 1.29 is 14.3 Å². The summed E-state index contributed by atoms with van der Waals surface area (Å²) in [7, 11) is 0. The van der Waals surface area contributed by atoms with Crippen molar-refractivity contribution in [2.24, 2.45) is 0 Å². The molecule has 5 nitrogen and oxygen atoms in total. The van der Waals surface area contributed by atoms with Crippen LogP contribution in [0, 0.1) is 6.92 Å². The van der Waals surface area contributed by atoms with Gasteiger partial charge in [-0.2, -0.15) is 0 Å². The minimum absolute atomic E-state index is 0.268. The number of carbonyl (C=O) groups is 2. The molecular weight excluding hydrogens is 344 g/mol. The smallest absolute Gasteiger partial charge is 0.349 e. The van der Waals surface area contributed by atoms with Crippen LogP contribution in [-0.2, 0) is 16.0 Å². The van der Waals surface area contributed by atoms with Crippen LogP contribution < -0.4 is 5.32 Å². The van der Waals surface area contributed by atoms with Gasteiger partial charge in [0.25, 0.3) is 5.91 Å². The summed E-state index contributed by atoms with van der Waals surface area (Å²) in [5.41, 5.74) is 1.84. The third-order valence-electron chi connectivity index (χ3n) is 3.38. The molecule has 3 rings (SSSR count). The Hall–Kier alpha value is -2.25. The van der Waals surface area contributed by atoms with Gasteiger partial charge in [0.15, 0.2) is 6.61 Å². The van der Waals surface area contributed by atoms with Crippen molar-refractivity contribution in [1.29, 1.82) is 0 Å². The predicted octanol–water partition coefficient (Wildman–Crippen LogP) is 3.18. The van der Waals surface area contributed by atoms with E-state index in [1.807, 2.05) is 42.6 Å². The molecule has 1 N–H and O–H groups in total. The van der Waals surface area contributed by atoms with Crippen LogP contribution in [0.4, 0.5) is 0 Å². The van der Waals surface area contributed by atoms with Gasteiger partial charge in [-0.1, -0.05) is 12.1 Å². The zero-order chi connectivity index (χ0) is 16.9. The Labute approximate surface area is 147 Å². The van der Waals surface area contributed by atoms with E-state index in [9.17, 15) is 9.59 Å². The fourth-order valence-corrected chi connectivity index (χ4v) is 3.95. The van der Waals surface area contributed by atoms with Crippen LogP contribution in [0.3, 0.4) is 0 Å². The molecule has 0 unspecified atom stereocenters. The van der Waals surface area contributed by atoms with E-state index in [4.69, 9.17) is 4.74 Å². The number of nitrogens with zero attached hydrogens (tertiary/aromatic N) is 1. The van der Waals surface area contributed by atoms with Crippen molar-refractivity contribution in [3.8, 4) is 0 Å². The summed E-state index contributed by atoms with van der Waals surface area (Å²) in [5, 5.41) is 5.54. The number of hydrogen-bond acceptors (Lipinski definition) is 6. The van der Waals surface area contributed by atoms with Crippen LogP contribution in [-0.4, -0.2) is 30.0 Å². The highest BCUT2D eigenvalue weighted by Gasteiger charge is 2.13. The first kappa shape index (κ1) is 16.6. The van der Waals surface area contributed by atoms with Gasteiger partial charge in [0.2, 0.25) is 0 Å². The summed E-state index contributed by atoms with van der Waals surface area (Å²) in [6.07, 6.45) is 0.656. The number of benzene rings is 1. The van der Waals surface area contributed by atoms with Crippen molar-refractivity contribution in [3.63, 3.8) is 0 Å². The van der Waals surface area contributed by atoms with E-state index in [2.05, 4.69) is 10.3 Å². The lowest BCUT2D eigenvalue weighted by Crippen LogP contribution is -2.30. The highest BCUT2D eigenvalue weighted by Crippen LogP contribution is 2.21. The Balaban J connectivity index is 1.42. The number of amides is 1. The van der Waals surface area contributed by atoms with Gasteiger partial charge in [0.05, 0.1) is 15.2 Å². The van der Waals surface area contributed by atoms with E-state index < -0.39 is 5.97 Å². The molecule has 2 heterocycles. The van der Waals surface area contributed by atoms with Gasteiger partial charge in [0.1, 0.15) is 4.88 Å². The molecule has 0 fully saturated rings. The quantitative estimate of drug-likeness (QED) is 0.686. The molecule has 0 spiro atoms. The fourth-order valence-electron chi connectivity index (χ4n) is 2.17. The Kier molecular flexibility index (Phi) is 5.22. The van der Waals surface area contributed by atoms with E-state index in [1.54, 1.807) is 11.3 Å². The number of hydrogen-bond donors (Lipinski definition) is 1. The van der Waals surface area contributed by atoms with Crippen molar-refractivity contribution >= 4 is 44.8 Å². The number of aryl methyl sites for hydroxylation is 1. The molecule has 7 heteroatoms. The van der Waals surface area contributed by atoms with Crippen LogP contribution in [0.15, 0.2) is 35.7 Å². The fraction of sp³-hybridized carbons (Fsp3) is 0.235. The Morgan fingerprint density at radius 3 is 2.83 bits per heavy atom. The molecule has 0 saturated heterocycles. The van der Waals surface area contributed by atoms with Crippen LogP contribution in [0.2, 0.25) is 0 Å². The minimum atomic E-state index is -0.455. The second-order valence-electron chi connectivity index (χ2n) is 5.18. The second kappa shape index (κ2) is 7.55. The third-order valence-corrected chi connectivity index (χ3v) is 5.47. The molecule has 0 atom stereocenters. The number of thiazole rings is 1. The highest BCUT2D eigenvalue weighted by molar-refractivity contribution is 7.18. The molecule has 0 aliphatic carbocycles. The number of aromatic nitrogens is 1. The van der Waals surface area contributed by atoms with Gasteiger partial charge < -0.3 is 10.1 Å². The van der Waals surface area contributed by atoms with Gasteiger partial charge in [0, 0.05) is 13.0 Å². The zero-order valence-corrected chi connectivity index (χ0v) is 14.7. The lowest BCUT2D eigenvalue weighted by Gasteiger charge is -2.05. The molecule has 0 aliphatic rings. The lowest BCUT2D eigenvalue weighted by atomic mass is 10.3. The number of thiophene rings is 1. The largest absolute Gasteiger partial charge is 0.451 e. The van der Waals surface area contributed by atoms with E-state index >= 15 is 0 Å². The molecule has 0 bridgehead atoms. The maximum Gasteiger partial charge on any atom is 0.349 e. The van der Waals surface area contributed by atoms with Crippen LogP contribution in [0.1, 0.15) is 20.2 Å². The van der Waals surface area contributed by atoms with Crippen molar-refractivity contribution in [2.45, 2.75) is 13.3 Å². The molecule has 124 valence electrons. The Morgan fingerprint density at radius 2 is 2.08 bits per heavy atom. The molecule has 0 aliphatic heterocycles. The van der Waals surface area contributed by atoms with Crippen molar-refractivity contribution in [3.05, 3.63) is 51.2 Å². The molecule has 0 saturated carbocycles. The topological polar surface area (TPSA) is 68.3 Å². The zero-order valence-electron chi connectivity index (χ0n) is 13.1. The van der Waals surface area contributed by atoms with Crippen LogP contribution in [0.25, 0.3) is 10.2 Å². The molecule has 1 aromatic carbocycles. The first-order valence-corrected chi connectivity index (χ1v) is 9.15. The molecule has 0 radical (unpaired) electrons. The number of nitrogens with one attached hydrogen (secondary N) is 1. The van der Waals surface area contributed by atoms with Gasteiger partial charge in [-0.05, 0) is 36.1 Å². The number of carbonyl (C=O) groups excluding carboxylic acids is 2. The van der Waals surface area contributed by atoms with E-state index in [1.165, 1.54) is 11.3 Å². The molecule has 1 amide bonds. The van der Waals surface area contributed by atoms with Crippen LogP contribution in [0.5, 0.6) is 0 Å². The summed E-state index contributed by atoms with van der Waals surface area (Å²) >= 11 is 2.93. The standard InChI is InChI=1S/C17H16N2O3S2/c1-11-7-9-23-16(11)17(21)22-10-14(20)18-8-6-15-19-12-4-2-3-5-13(12)24-15/h2-5,7,9H,6,8,10H2,1H3,(H,18,20). The van der Waals surface area contributed by atoms with Crippen molar-refractivity contribution in [1.82, 2.24) is 10.3 Å². The Bertz CT molecular complexity index is 836. The Morgan fingerprint density at radius 1 is 1.25 bits per heavy atom. The van der Waals surface area contributed by atoms with Gasteiger partial charge in [-0.15, -0.1) is 22.7 Å². The molecule has 2 aromatic heterocycles. The van der Waals surface area contributed by atoms with Gasteiger partial charge >= 0.3 is 5.97 Å². The number of para-hydroxylation sites is 1. The minimum Gasteiger partial charge on any atom is -0.451 e. The highest BCUT2D eigenvalue weighted by atomic mass is 32.1. The van der Waals surface area contributed by atoms with Gasteiger partial charge in [-0.3, -0.25) is 4.79 Å². The summed E-state index contributed by atoms with van der Waals surface area (Å²) in [5.74, 6) is -0.762. The predicted molar refractivity (Wildman–Crippen MR) is 95.7 cm³/mol. The molecule has 24 heavy (non-hydrogen) atoms. The van der Waals surface area contributed by atoms with Crippen LogP contribution >= 0.6 is 22.7 Å². The maximum absolute atomic E-state index is 11.8. The summed E-state index contributed by atoms with van der Waals surface area (Å²) in [4.78, 5) is 28.6. The molecule has 3 aromatic rings. The summed E-state index contributed by atoms with van der Waals surface area (Å²) in [6, 6.07) is 9.79. The average molecular weight is 360 g/mol. The maximum atomic E-state index is 11.8. The lowest BCUT2D eigenvalue weighted by molar-refractivity contribution is -0.124. The number of esters is 1. The third kappa shape index (κ3) is 3.98. The molecular formula is C17H16N2O3S2. The first-order chi connectivity index (χ1) is 11.6. The number of rotatable bonds is 6. The van der Waals surface area contributed by atoms with Gasteiger partial charge in [-0.25, -0.2) is 9.78 Å². The van der Waals surface area contributed by atoms with E-state index in [0.29, 0.717) is 17.8 Å². The number of fused-ring (bicyclic) bond motifs is 1. The first-order valence-electron chi connectivity index (χ1n) is 7.46. The van der Waals surface area contributed by atoms with E-state index in [-0.39, 0.29) is 12.5 Å². The van der Waals surface area contributed by atoms with Crippen molar-refractivity contribution in [2.75, 3.05) is 13.2 Å². The normalized spacial score (nSPS) is 10.7. The summed E-state index contributed by atoms with van der Waals surface area (Å²) < 4.78 is 6.16.